The summed E-state index contributed by atoms with van der Waals surface area (Å²) in [6, 6.07) is 7.18. The van der Waals surface area contributed by atoms with Crippen molar-refractivity contribution in [3.63, 3.8) is 0 Å². The molecule has 1 aliphatic carbocycles. The van der Waals surface area contributed by atoms with Gasteiger partial charge in [0.25, 0.3) is 5.91 Å². The van der Waals surface area contributed by atoms with Gasteiger partial charge in [-0.15, -0.1) is 0 Å². The number of piperazine rings is 1. The topological polar surface area (TPSA) is 61.9 Å². The van der Waals surface area contributed by atoms with E-state index in [2.05, 4.69) is 44.1 Å². The van der Waals surface area contributed by atoms with Gasteiger partial charge in [0, 0.05) is 44.7 Å². The summed E-state index contributed by atoms with van der Waals surface area (Å²) in [6.07, 6.45) is 3.91. The molecular weight excluding hydrogens is 402 g/mol. The van der Waals surface area contributed by atoms with E-state index < -0.39 is 0 Å². The summed E-state index contributed by atoms with van der Waals surface area (Å²) in [5.41, 5.74) is 1.92. The van der Waals surface area contributed by atoms with Crippen LogP contribution in [-0.2, 0) is 4.79 Å². The van der Waals surface area contributed by atoms with E-state index in [-0.39, 0.29) is 17.7 Å². The molecule has 6 heteroatoms. The summed E-state index contributed by atoms with van der Waals surface area (Å²) in [4.78, 5) is 29.8. The Labute approximate surface area is 193 Å². The zero-order chi connectivity index (χ0) is 23.3. The number of amides is 2. The average Bonchev–Trinajstić information content (AvgIpc) is 2.79. The summed E-state index contributed by atoms with van der Waals surface area (Å²) in [5.74, 6) is 2.47. The van der Waals surface area contributed by atoms with Crippen molar-refractivity contribution in [1.29, 1.82) is 0 Å². The standard InChI is InChI=1S/C26H39N3O3/c1-18(2)24-15-21(16-25(30)29-12-10-28(4)11-13-29)19(3)14-22(24)17-27-26(31)20-6-8-23(32-5)9-7-20/h6-9,14,18,21-22,24H,10-13,15-17H2,1-5H3,(H,27,31). The zero-order valence-electron chi connectivity index (χ0n) is 20.3. The second-order valence-corrected chi connectivity index (χ2v) is 9.74. The molecule has 1 saturated heterocycles. The molecule has 1 aliphatic heterocycles. The Morgan fingerprint density at radius 2 is 1.78 bits per heavy atom. The molecular formula is C26H39N3O3. The van der Waals surface area contributed by atoms with E-state index in [1.165, 1.54) is 5.57 Å². The first-order valence-corrected chi connectivity index (χ1v) is 11.8. The van der Waals surface area contributed by atoms with Crippen LogP contribution in [0.15, 0.2) is 35.9 Å². The lowest BCUT2D eigenvalue weighted by molar-refractivity contribution is -0.133. The maximum atomic E-state index is 12.9. The normalized spacial score (nSPS) is 24.2. The van der Waals surface area contributed by atoms with Crippen molar-refractivity contribution in [1.82, 2.24) is 15.1 Å². The molecule has 2 amide bonds. The van der Waals surface area contributed by atoms with Crippen LogP contribution < -0.4 is 10.1 Å². The van der Waals surface area contributed by atoms with Crippen molar-refractivity contribution >= 4 is 11.8 Å². The molecule has 0 aromatic heterocycles. The largest absolute Gasteiger partial charge is 0.497 e. The molecule has 6 nitrogen and oxygen atoms in total. The fourth-order valence-electron chi connectivity index (χ4n) is 4.96. The summed E-state index contributed by atoms with van der Waals surface area (Å²) in [5, 5.41) is 3.12. The first-order valence-electron chi connectivity index (χ1n) is 11.8. The highest BCUT2D eigenvalue weighted by atomic mass is 16.5. The molecule has 3 unspecified atom stereocenters. The van der Waals surface area contributed by atoms with Crippen molar-refractivity contribution in [3.8, 4) is 5.75 Å². The van der Waals surface area contributed by atoms with Gasteiger partial charge in [0.05, 0.1) is 7.11 Å². The Morgan fingerprint density at radius 1 is 1.12 bits per heavy atom. The Kier molecular flexibility index (Phi) is 8.35. The molecule has 2 aliphatic rings. The van der Waals surface area contributed by atoms with Crippen molar-refractivity contribution < 1.29 is 14.3 Å². The van der Waals surface area contributed by atoms with Crippen molar-refractivity contribution in [2.45, 2.75) is 33.6 Å². The van der Waals surface area contributed by atoms with Gasteiger partial charge >= 0.3 is 0 Å². The number of rotatable bonds is 7. The SMILES string of the molecule is COc1ccc(C(=O)NCC2C=C(C)C(CC(=O)N3CCN(C)CC3)CC2C(C)C)cc1. The number of hydrogen-bond acceptors (Lipinski definition) is 4. The van der Waals surface area contributed by atoms with Gasteiger partial charge in [0.15, 0.2) is 0 Å². The molecule has 3 atom stereocenters. The van der Waals surface area contributed by atoms with Gasteiger partial charge in [0.2, 0.25) is 5.91 Å². The molecule has 1 aromatic rings. The minimum atomic E-state index is -0.0615. The fraction of sp³-hybridized carbons (Fsp3) is 0.615. The fourth-order valence-corrected chi connectivity index (χ4v) is 4.96. The first kappa shape index (κ1) is 24.3. The van der Waals surface area contributed by atoms with Gasteiger partial charge < -0.3 is 19.9 Å². The highest BCUT2D eigenvalue weighted by Crippen LogP contribution is 2.39. The van der Waals surface area contributed by atoms with Crippen molar-refractivity contribution in [3.05, 3.63) is 41.5 Å². The monoisotopic (exact) mass is 441 g/mol. The Bertz CT molecular complexity index is 810. The van der Waals surface area contributed by atoms with Gasteiger partial charge in [-0.2, -0.15) is 0 Å². The van der Waals surface area contributed by atoms with Gasteiger partial charge in [-0.25, -0.2) is 0 Å². The van der Waals surface area contributed by atoms with E-state index in [0.29, 0.717) is 36.3 Å². The number of carbonyl (C=O) groups excluding carboxylic acids is 2. The second-order valence-electron chi connectivity index (χ2n) is 9.74. The third-order valence-electron chi connectivity index (χ3n) is 7.21. The summed E-state index contributed by atoms with van der Waals surface area (Å²) in [6.45, 7) is 10.8. The summed E-state index contributed by atoms with van der Waals surface area (Å²) in [7, 11) is 3.72. The van der Waals surface area contributed by atoms with Crippen molar-refractivity contribution in [2.75, 3.05) is 46.9 Å². The van der Waals surface area contributed by atoms with Gasteiger partial charge in [-0.05, 0) is 68.3 Å². The van der Waals surface area contributed by atoms with Crippen LogP contribution in [0.2, 0.25) is 0 Å². The number of likely N-dealkylation sites (N-methyl/N-ethyl adjacent to an activating group) is 1. The summed E-state index contributed by atoms with van der Waals surface area (Å²) >= 11 is 0. The minimum absolute atomic E-state index is 0.0615. The highest BCUT2D eigenvalue weighted by molar-refractivity contribution is 5.94. The molecule has 1 fully saturated rings. The molecule has 32 heavy (non-hydrogen) atoms. The molecule has 0 bridgehead atoms. The first-order chi connectivity index (χ1) is 15.3. The number of methoxy groups -OCH3 is 1. The van der Waals surface area contributed by atoms with E-state index in [4.69, 9.17) is 4.74 Å². The lowest BCUT2D eigenvalue weighted by Gasteiger charge is -2.38. The van der Waals surface area contributed by atoms with Crippen LogP contribution in [0.25, 0.3) is 0 Å². The number of benzene rings is 1. The van der Waals surface area contributed by atoms with Gasteiger partial charge in [-0.1, -0.05) is 25.5 Å². The molecule has 3 rings (SSSR count). The molecule has 176 valence electrons. The maximum Gasteiger partial charge on any atom is 0.251 e. The van der Waals surface area contributed by atoms with E-state index in [0.717, 1.165) is 38.3 Å². The lowest BCUT2D eigenvalue weighted by atomic mass is 9.69. The maximum absolute atomic E-state index is 12.9. The Hall–Kier alpha value is -2.34. The molecule has 0 radical (unpaired) electrons. The molecule has 1 N–H and O–H groups in total. The highest BCUT2D eigenvalue weighted by Gasteiger charge is 2.33. The van der Waals surface area contributed by atoms with Crippen LogP contribution in [0.3, 0.4) is 0 Å². The molecule has 1 aromatic carbocycles. The van der Waals surface area contributed by atoms with Crippen LogP contribution in [0.4, 0.5) is 0 Å². The number of carbonyl (C=O) groups is 2. The van der Waals surface area contributed by atoms with Crippen molar-refractivity contribution in [2.24, 2.45) is 23.7 Å². The lowest BCUT2D eigenvalue weighted by Crippen LogP contribution is -2.47. The second kappa shape index (κ2) is 11.0. The molecule has 0 spiro atoms. The van der Waals surface area contributed by atoms with E-state index in [1.54, 1.807) is 31.4 Å². The quantitative estimate of drug-likeness (QED) is 0.659. The zero-order valence-corrected chi connectivity index (χ0v) is 20.3. The van der Waals surface area contributed by atoms with Gasteiger partial charge in [-0.3, -0.25) is 9.59 Å². The average molecular weight is 442 g/mol. The van der Waals surface area contributed by atoms with Crippen LogP contribution in [0, 0.1) is 23.7 Å². The molecule has 0 saturated carbocycles. The van der Waals surface area contributed by atoms with Crippen LogP contribution in [-0.4, -0.2) is 68.5 Å². The van der Waals surface area contributed by atoms with Crippen LogP contribution in [0.1, 0.15) is 44.0 Å². The predicted molar refractivity (Wildman–Crippen MR) is 128 cm³/mol. The third-order valence-corrected chi connectivity index (χ3v) is 7.21. The number of nitrogens with zero attached hydrogens (tertiary/aromatic N) is 2. The third kappa shape index (κ3) is 6.12. The number of ether oxygens (including phenoxy) is 1. The van der Waals surface area contributed by atoms with E-state index >= 15 is 0 Å². The molecule has 1 heterocycles. The van der Waals surface area contributed by atoms with E-state index in [9.17, 15) is 9.59 Å². The van der Waals surface area contributed by atoms with Crippen LogP contribution in [0.5, 0.6) is 5.75 Å². The van der Waals surface area contributed by atoms with E-state index in [1.807, 2.05) is 4.90 Å². The van der Waals surface area contributed by atoms with Crippen LogP contribution >= 0.6 is 0 Å². The number of allylic oxidation sites excluding steroid dienone is 1. The minimum Gasteiger partial charge on any atom is -0.497 e. The number of hydrogen-bond donors (Lipinski definition) is 1. The Morgan fingerprint density at radius 3 is 2.38 bits per heavy atom. The Balaban J connectivity index is 1.60. The predicted octanol–water partition coefficient (Wildman–Crippen LogP) is 3.44. The summed E-state index contributed by atoms with van der Waals surface area (Å²) < 4.78 is 5.17. The smallest absolute Gasteiger partial charge is 0.251 e. The van der Waals surface area contributed by atoms with Gasteiger partial charge in [0.1, 0.15) is 5.75 Å². The number of nitrogens with one attached hydrogen (secondary N) is 1.